The average Bonchev–Trinajstić information content (AvgIpc) is 2.85. The molecule has 0 saturated carbocycles. The second kappa shape index (κ2) is 5.78. The van der Waals surface area contributed by atoms with E-state index in [-0.39, 0.29) is 11.4 Å². The van der Waals surface area contributed by atoms with Crippen LogP contribution in [0.3, 0.4) is 0 Å². The second-order valence-corrected chi connectivity index (χ2v) is 7.32. The standard InChI is InChI=1S/C12H13N3O4S2/c1-8-5-9(21(2,18)19)6-11(17)15(8)7-10(16)14-12-13-3-4-20-12/h3-6H,7H2,1-2H3,(H,13,14,16). The van der Waals surface area contributed by atoms with Gasteiger partial charge in [0.2, 0.25) is 5.91 Å². The first-order valence-electron chi connectivity index (χ1n) is 5.88. The van der Waals surface area contributed by atoms with Crippen LogP contribution in [0.15, 0.2) is 33.4 Å². The van der Waals surface area contributed by atoms with Crippen LogP contribution in [0.4, 0.5) is 5.13 Å². The van der Waals surface area contributed by atoms with Crippen molar-refractivity contribution in [2.75, 3.05) is 11.6 Å². The van der Waals surface area contributed by atoms with Gasteiger partial charge >= 0.3 is 0 Å². The molecule has 0 aliphatic carbocycles. The first kappa shape index (κ1) is 15.4. The Bertz CT molecular complexity index is 823. The molecule has 0 fully saturated rings. The number of carbonyl (C=O) groups excluding carboxylic acids is 1. The van der Waals surface area contributed by atoms with E-state index < -0.39 is 21.3 Å². The zero-order valence-electron chi connectivity index (χ0n) is 11.4. The van der Waals surface area contributed by atoms with Crippen LogP contribution in [0.5, 0.6) is 0 Å². The summed E-state index contributed by atoms with van der Waals surface area (Å²) in [5.41, 5.74) is -0.137. The predicted molar refractivity (Wildman–Crippen MR) is 79.3 cm³/mol. The van der Waals surface area contributed by atoms with Crippen LogP contribution < -0.4 is 10.9 Å². The smallest absolute Gasteiger partial charge is 0.252 e. The number of pyridine rings is 1. The van der Waals surface area contributed by atoms with E-state index in [9.17, 15) is 18.0 Å². The van der Waals surface area contributed by atoms with Crippen molar-refractivity contribution in [1.29, 1.82) is 0 Å². The molecule has 0 unspecified atom stereocenters. The van der Waals surface area contributed by atoms with Crippen LogP contribution in [0, 0.1) is 6.92 Å². The minimum absolute atomic E-state index is 0.0541. The Kier molecular flexibility index (Phi) is 4.24. The summed E-state index contributed by atoms with van der Waals surface area (Å²) in [4.78, 5) is 27.6. The molecule has 2 heterocycles. The van der Waals surface area contributed by atoms with E-state index in [2.05, 4.69) is 10.3 Å². The van der Waals surface area contributed by atoms with Gasteiger partial charge in [-0.2, -0.15) is 0 Å². The molecule has 2 aromatic rings. The SMILES string of the molecule is Cc1cc(S(C)(=O)=O)cc(=O)n1CC(=O)Nc1nccs1. The summed E-state index contributed by atoms with van der Waals surface area (Å²) < 4.78 is 24.1. The highest BCUT2D eigenvalue weighted by Crippen LogP contribution is 2.11. The summed E-state index contributed by atoms with van der Waals surface area (Å²) in [6.45, 7) is 1.38. The van der Waals surface area contributed by atoms with Gasteiger partial charge in [-0.25, -0.2) is 13.4 Å². The van der Waals surface area contributed by atoms with Gasteiger partial charge in [0.1, 0.15) is 6.54 Å². The summed E-state index contributed by atoms with van der Waals surface area (Å²) in [5, 5.41) is 4.72. The van der Waals surface area contributed by atoms with E-state index in [4.69, 9.17) is 0 Å². The number of anilines is 1. The zero-order valence-corrected chi connectivity index (χ0v) is 13.0. The third kappa shape index (κ3) is 3.76. The van der Waals surface area contributed by atoms with Gasteiger partial charge in [-0.05, 0) is 13.0 Å². The fourth-order valence-electron chi connectivity index (χ4n) is 1.70. The van der Waals surface area contributed by atoms with E-state index in [0.717, 1.165) is 12.3 Å². The van der Waals surface area contributed by atoms with E-state index in [1.165, 1.54) is 22.0 Å². The Morgan fingerprint density at radius 1 is 1.43 bits per heavy atom. The lowest BCUT2D eigenvalue weighted by atomic mass is 10.3. The molecule has 0 aliphatic heterocycles. The van der Waals surface area contributed by atoms with E-state index >= 15 is 0 Å². The molecule has 0 atom stereocenters. The quantitative estimate of drug-likeness (QED) is 0.889. The summed E-state index contributed by atoms with van der Waals surface area (Å²) in [6, 6.07) is 2.38. The maximum Gasteiger partial charge on any atom is 0.252 e. The molecule has 0 spiro atoms. The lowest BCUT2D eigenvalue weighted by Gasteiger charge is -2.10. The van der Waals surface area contributed by atoms with Crippen LogP contribution in [0.1, 0.15) is 5.69 Å². The van der Waals surface area contributed by atoms with Crippen molar-refractivity contribution in [3.8, 4) is 0 Å². The van der Waals surface area contributed by atoms with Gasteiger partial charge < -0.3 is 9.88 Å². The van der Waals surface area contributed by atoms with E-state index in [1.807, 2.05) is 0 Å². The molecular weight excluding hydrogens is 314 g/mol. The molecule has 0 radical (unpaired) electrons. The molecule has 0 saturated heterocycles. The molecule has 112 valence electrons. The number of aromatic nitrogens is 2. The molecule has 0 bridgehead atoms. The number of thiazole rings is 1. The average molecular weight is 327 g/mol. The summed E-state index contributed by atoms with van der Waals surface area (Å²) in [5.74, 6) is -0.401. The molecule has 0 aromatic carbocycles. The number of hydrogen-bond donors (Lipinski definition) is 1. The van der Waals surface area contributed by atoms with Crippen LogP contribution in [0.2, 0.25) is 0 Å². The maximum atomic E-state index is 12.0. The van der Waals surface area contributed by atoms with Crippen molar-refractivity contribution in [2.24, 2.45) is 0 Å². The summed E-state index contributed by atoms with van der Waals surface area (Å²) in [7, 11) is -3.46. The topological polar surface area (TPSA) is 98.1 Å². The largest absolute Gasteiger partial charge is 0.303 e. The van der Waals surface area contributed by atoms with Gasteiger partial charge in [-0.3, -0.25) is 9.59 Å². The van der Waals surface area contributed by atoms with E-state index in [1.54, 1.807) is 18.5 Å². The van der Waals surface area contributed by atoms with Gasteiger partial charge in [-0.15, -0.1) is 11.3 Å². The lowest BCUT2D eigenvalue weighted by Crippen LogP contribution is -2.29. The van der Waals surface area contributed by atoms with Crippen molar-refractivity contribution >= 4 is 32.2 Å². The summed E-state index contributed by atoms with van der Waals surface area (Å²) in [6.07, 6.45) is 2.58. The zero-order chi connectivity index (χ0) is 15.6. The highest BCUT2D eigenvalue weighted by Gasteiger charge is 2.14. The maximum absolute atomic E-state index is 12.0. The predicted octanol–water partition coefficient (Wildman–Crippen LogP) is 0.655. The van der Waals surface area contributed by atoms with Crippen LogP contribution in [-0.2, 0) is 21.2 Å². The Balaban J connectivity index is 2.25. The van der Waals surface area contributed by atoms with Crippen molar-refractivity contribution < 1.29 is 13.2 Å². The molecule has 1 amide bonds. The molecule has 21 heavy (non-hydrogen) atoms. The molecule has 7 nitrogen and oxygen atoms in total. The number of amides is 1. The Labute approximate surface area is 125 Å². The van der Waals surface area contributed by atoms with Crippen LogP contribution in [-0.4, -0.2) is 30.1 Å². The normalized spacial score (nSPS) is 11.3. The van der Waals surface area contributed by atoms with Crippen molar-refractivity contribution in [2.45, 2.75) is 18.4 Å². The highest BCUT2D eigenvalue weighted by molar-refractivity contribution is 7.90. The number of aryl methyl sites for hydroxylation is 1. The Hall–Kier alpha value is -2.00. The van der Waals surface area contributed by atoms with Crippen molar-refractivity contribution in [1.82, 2.24) is 9.55 Å². The number of sulfone groups is 1. The number of rotatable bonds is 4. The molecular formula is C12H13N3O4S2. The van der Waals surface area contributed by atoms with Gasteiger partial charge in [-0.1, -0.05) is 0 Å². The molecule has 1 N–H and O–H groups in total. The van der Waals surface area contributed by atoms with Gasteiger partial charge in [0, 0.05) is 29.6 Å². The Morgan fingerprint density at radius 3 is 2.67 bits per heavy atom. The first-order valence-corrected chi connectivity index (χ1v) is 8.65. The van der Waals surface area contributed by atoms with Gasteiger partial charge in [0.15, 0.2) is 15.0 Å². The molecule has 2 rings (SSSR count). The number of carbonyl (C=O) groups is 1. The molecule has 9 heteroatoms. The Morgan fingerprint density at radius 2 is 2.14 bits per heavy atom. The molecule has 0 aliphatic rings. The summed E-state index contributed by atoms with van der Waals surface area (Å²) >= 11 is 1.27. The van der Waals surface area contributed by atoms with Gasteiger partial charge in [0.05, 0.1) is 4.90 Å². The van der Waals surface area contributed by atoms with E-state index in [0.29, 0.717) is 10.8 Å². The molecule has 2 aromatic heterocycles. The lowest BCUT2D eigenvalue weighted by molar-refractivity contribution is -0.116. The van der Waals surface area contributed by atoms with Crippen LogP contribution >= 0.6 is 11.3 Å². The second-order valence-electron chi connectivity index (χ2n) is 4.41. The highest BCUT2D eigenvalue weighted by atomic mass is 32.2. The fourth-order valence-corrected chi connectivity index (χ4v) is 2.95. The minimum atomic E-state index is -3.46. The number of nitrogens with zero attached hydrogens (tertiary/aromatic N) is 2. The number of nitrogens with one attached hydrogen (secondary N) is 1. The van der Waals surface area contributed by atoms with Crippen molar-refractivity contribution in [3.05, 3.63) is 39.8 Å². The van der Waals surface area contributed by atoms with Crippen LogP contribution in [0.25, 0.3) is 0 Å². The minimum Gasteiger partial charge on any atom is -0.303 e. The first-order chi connectivity index (χ1) is 9.77. The van der Waals surface area contributed by atoms with Crippen molar-refractivity contribution in [3.63, 3.8) is 0 Å². The monoisotopic (exact) mass is 327 g/mol. The third-order valence-corrected chi connectivity index (χ3v) is 4.50. The number of hydrogen-bond acceptors (Lipinski definition) is 6. The fraction of sp³-hybridized carbons (Fsp3) is 0.250. The van der Waals surface area contributed by atoms with Gasteiger partial charge in [0.25, 0.3) is 5.56 Å². The third-order valence-electron chi connectivity index (χ3n) is 2.72.